The van der Waals surface area contributed by atoms with E-state index in [-0.39, 0.29) is 5.90 Å². The number of nitrogens with one attached hydrogen (secondary N) is 1. The van der Waals surface area contributed by atoms with Gasteiger partial charge in [-0.3, -0.25) is 5.41 Å². The molecule has 0 unspecified atom stereocenters. The largest absolute Gasteiger partial charge is 0.481 e. The van der Waals surface area contributed by atoms with Crippen LogP contribution < -0.4 is 0 Å². The number of hydrogen-bond acceptors (Lipinski definition) is 2. The van der Waals surface area contributed by atoms with Gasteiger partial charge in [0.2, 0.25) is 5.90 Å². The maximum atomic E-state index is 7.39. The smallest absolute Gasteiger partial charge is 0.212 e. The second-order valence-electron chi connectivity index (χ2n) is 2.16. The zero-order chi connectivity index (χ0) is 9.14. The predicted octanol–water partition coefficient (Wildman–Crippen LogP) is 3.18. The first kappa shape index (κ1) is 9.74. The van der Waals surface area contributed by atoms with Crippen molar-refractivity contribution in [2.75, 3.05) is 7.11 Å². The van der Waals surface area contributed by atoms with Crippen molar-refractivity contribution in [1.82, 2.24) is 0 Å². The highest BCUT2D eigenvalue weighted by molar-refractivity contribution is 9.13. The molecule has 0 amide bonds. The molecule has 0 spiro atoms. The maximum absolute atomic E-state index is 7.39. The molecule has 0 aromatic heterocycles. The van der Waals surface area contributed by atoms with Crippen LogP contribution in [0.25, 0.3) is 0 Å². The highest BCUT2D eigenvalue weighted by Crippen LogP contribution is 2.23. The summed E-state index contributed by atoms with van der Waals surface area (Å²) in [4.78, 5) is 0. The average molecular weight is 293 g/mol. The predicted molar refractivity (Wildman–Crippen MR) is 55.7 cm³/mol. The second kappa shape index (κ2) is 4.05. The van der Waals surface area contributed by atoms with Gasteiger partial charge >= 0.3 is 0 Å². The summed E-state index contributed by atoms with van der Waals surface area (Å²) in [6, 6.07) is 5.52. The monoisotopic (exact) mass is 291 g/mol. The van der Waals surface area contributed by atoms with E-state index < -0.39 is 0 Å². The van der Waals surface area contributed by atoms with Crippen LogP contribution in [0.1, 0.15) is 5.56 Å². The molecular formula is C8H7Br2NO. The summed E-state index contributed by atoms with van der Waals surface area (Å²) in [5.41, 5.74) is 0.757. The Balaban J connectivity index is 3.05. The van der Waals surface area contributed by atoms with Gasteiger partial charge in [0.25, 0.3) is 0 Å². The molecule has 0 atom stereocenters. The Morgan fingerprint density at radius 2 is 2.00 bits per heavy atom. The standard InChI is InChI=1S/C8H7Br2NO/c1-12-8(11)5-2-3-6(9)7(10)4-5/h2-4,11H,1H3. The SMILES string of the molecule is COC(=N)c1ccc(Br)c(Br)c1. The van der Waals surface area contributed by atoms with E-state index in [9.17, 15) is 0 Å². The van der Waals surface area contributed by atoms with Crippen molar-refractivity contribution in [2.24, 2.45) is 0 Å². The molecule has 0 heterocycles. The lowest BCUT2D eigenvalue weighted by atomic mass is 10.2. The van der Waals surface area contributed by atoms with Crippen molar-refractivity contribution in [3.63, 3.8) is 0 Å². The van der Waals surface area contributed by atoms with E-state index in [0.29, 0.717) is 0 Å². The van der Waals surface area contributed by atoms with Gasteiger partial charge in [0.1, 0.15) is 0 Å². The third kappa shape index (κ3) is 2.08. The number of benzene rings is 1. The van der Waals surface area contributed by atoms with Crippen LogP contribution in [0.5, 0.6) is 0 Å². The molecule has 0 aliphatic heterocycles. The molecule has 0 aliphatic rings. The summed E-state index contributed by atoms with van der Waals surface area (Å²) in [6.45, 7) is 0. The summed E-state index contributed by atoms with van der Waals surface area (Å²) in [6.07, 6.45) is 0. The topological polar surface area (TPSA) is 33.1 Å². The quantitative estimate of drug-likeness (QED) is 0.626. The first-order chi connectivity index (χ1) is 5.65. The van der Waals surface area contributed by atoms with Crippen LogP contribution in [0, 0.1) is 5.41 Å². The molecule has 2 nitrogen and oxygen atoms in total. The van der Waals surface area contributed by atoms with E-state index in [1.807, 2.05) is 18.2 Å². The van der Waals surface area contributed by atoms with Crippen LogP contribution in [-0.2, 0) is 4.74 Å². The first-order valence-electron chi connectivity index (χ1n) is 3.23. The molecule has 64 valence electrons. The number of ether oxygens (including phenoxy) is 1. The van der Waals surface area contributed by atoms with Crippen molar-refractivity contribution in [1.29, 1.82) is 5.41 Å². The van der Waals surface area contributed by atoms with E-state index in [4.69, 9.17) is 10.1 Å². The van der Waals surface area contributed by atoms with E-state index in [0.717, 1.165) is 14.5 Å². The molecule has 12 heavy (non-hydrogen) atoms. The lowest BCUT2D eigenvalue weighted by molar-refractivity contribution is 0.401. The number of methoxy groups -OCH3 is 1. The van der Waals surface area contributed by atoms with Crippen LogP contribution in [0.3, 0.4) is 0 Å². The summed E-state index contributed by atoms with van der Waals surface area (Å²) in [5.74, 6) is 0.170. The van der Waals surface area contributed by atoms with Crippen LogP contribution in [0.15, 0.2) is 27.1 Å². The minimum Gasteiger partial charge on any atom is -0.481 e. The van der Waals surface area contributed by atoms with Crippen molar-refractivity contribution in [3.8, 4) is 0 Å². The van der Waals surface area contributed by atoms with Crippen LogP contribution in [-0.4, -0.2) is 13.0 Å². The van der Waals surface area contributed by atoms with Gasteiger partial charge in [0.15, 0.2) is 0 Å². The number of rotatable bonds is 1. The lowest BCUT2D eigenvalue weighted by Gasteiger charge is -2.03. The molecule has 0 fully saturated rings. The van der Waals surface area contributed by atoms with Gasteiger partial charge in [-0.25, -0.2) is 0 Å². The van der Waals surface area contributed by atoms with Crippen LogP contribution in [0.4, 0.5) is 0 Å². The fourth-order valence-corrected chi connectivity index (χ4v) is 1.38. The highest BCUT2D eigenvalue weighted by Gasteiger charge is 2.02. The molecule has 1 N–H and O–H groups in total. The molecular weight excluding hydrogens is 286 g/mol. The zero-order valence-electron chi connectivity index (χ0n) is 6.40. The molecule has 1 rings (SSSR count). The van der Waals surface area contributed by atoms with Crippen molar-refractivity contribution in [3.05, 3.63) is 32.7 Å². The number of hydrogen-bond donors (Lipinski definition) is 1. The van der Waals surface area contributed by atoms with Gasteiger partial charge in [0.05, 0.1) is 7.11 Å². The van der Waals surface area contributed by atoms with Gasteiger partial charge in [-0.05, 0) is 50.1 Å². The molecule has 4 heteroatoms. The Kier molecular flexibility index (Phi) is 3.29. The van der Waals surface area contributed by atoms with Crippen LogP contribution >= 0.6 is 31.9 Å². The normalized spacial score (nSPS) is 9.58. The van der Waals surface area contributed by atoms with Gasteiger partial charge in [-0.1, -0.05) is 0 Å². The second-order valence-corrected chi connectivity index (χ2v) is 3.87. The van der Waals surface area contributed by atoms with E-state index in [1.54, 1.807) is 0 Å². The summed E-state index contributed by atoms with van der Waals surface area (Å²) in [7, 11) is 1.48. The Labute approximate surface area is 87.7 Å². The Morgan fingerprint density at radius 3 is 2.50 bits per heavy atom. The van der Waals surface area contributed by atoms with Crippen molar-refractivity contribution < 1.29 is 4.74 Å². The number of halogens is 2. The van der Waals surface area contributed by atoms with Crippen molar-refractivity contribution >= 4 is 37.8 Å². The maximum Gasteiger partial charge on any atom is 0.212 e. The average Bonchev–Trinajstić information content (AvgIpc) is 2.08. The Morgan fingerprint density at radius 1 is 1.33 bits per heavy atom. The lowest BCUT2D eigenvalue weighted by Crippen LogP contribution is -2.00. The Hall–Kier alpha value is -0.350. The van der Waals surface area contributed by atoms with E-state index in [1.165, 1.54) is 7.11 Å². The molecule has 0 saturated heterocycles. The van der Waals surface area contributed by atoms with Gasteiger partial charge in [0, 0.05) is 14.5 Å². The van der Waals surface area contributed by atoms with E-state index >= 15 is 0 Å². The van der Waals surface area contributed by atoms with Gasteiger partial charge < -0.3 is 4.74 Å². The molecule has 0 bridgehead atoms. The van der Waals surface area contributed by atoms with Crippen molar-refractivity contribution in [2.45, 2.75) is 0 Å². The van der Waals surface area contributed by atoms with Gasteiger partial charge in [-0.15, -0.1) is 0 Å². The van der Waals surface area contributed by atoms with E-state index in [2.05, 4.69) is 31.9 Å². The first-order valence-corrected chi connectivity index (χ1v) is 4.81. The Bertz CT molecular complexity index is 312. The zero-order valence-corrected chi connectivity index (χ0v) is 9.57. The summed E-state index contributed by atoms with van der Waals surface area (Å²) in [5, 5.41) is 7.39. The fraction of sp³-hybridized carbons (Fsp3) is 0.125. The molecule has 1 aromatic carbocycles. The summed E-state index contributed by atoms with van der Waals surface area (Å²) < 4.78 is 6.66. The fourth-order valence-electron chi connectivity index (χ4n) is 0.755. The van der Waals surface area contributed by atoms with Gasteiger partial charge in [-0.2, -0.15) is 0 Å². The highest BCUT2D eigenvalue weighted by atomic mass is 79.9. The third-order valence-corrected chi connectivity index (χ3v) is 3.27. The molecule has 0 saturated carbocycles. The minimum absolute atomic E-state index is 0.170. The molecule has 0 radical (unpaired) electrons. The summed E-state index contributed by atoms with van der Waals surface area (Å²) >= 11 is 6.69. The third-order valence-electron chi connectivity index (χ3n) is 1.39. The molecule has 0 aliphatic carbocycles. The minimum atomic E-state index is 0.170. The van der Waals surface area contributed by atoms with Crippen LogP contribution in [0.2, 0.25) is 0 Å². The molecule has 1 aromatic rings.